The van der Waals surface area contributed by atoms with Gasteiger partial charge in [-0.15, -0.1) is 0 Å². The van der Waals surface area contributed by atoms with Crippen molar-refractivity contribution in [2.45, 2.75) is 32.7 Å². The van der Waals surface area contributed by atoms with Gasteiger partial charge < -0.3 is 4.90 Å². The molecule has 1 atom stereocenters. The number of hydrogen-bond donors (Lipinski definition) is 0. The van der Waals surface area contributed by atoms with E-state index >= 15 is 0 Å². The molecule has 0 aromatic carbocycles. The van der Waals surface area contributed by atoms with Crippen molar-refractivity contribution in [3.63, 3.8) is 0 Å². The molecule has 1 aliphatic heterocycles. The van der Waals surface area contributed by atoms with Crippen LogP contribution in [0.25, 0.3) is 0 Å². The molecule has 0 spiro atoms. The van der Waals surface area contributed by atoms with E-state index in [4.69, 9.17) is 11.6 Å². The maximum atomic E-state index is 12.5. The number of nitrogens with zero attached hydrogens (tertiary/aromatic N) is 3. The number of hydrogen-bond acceptors (Lipinski definition) is 4. The monoisotopic (exact) mass is 299 g/mol. The van der Waals surface area contributed by atoms with Gasteiger partial charge in [0.1, 0.15) is 5.82 Å². The van der Waals surface area contributed by atoms with Crippen LogP contribution in [0.15, 0.2) is 6.20 Å². The van der Waals surface area contributed by atoms with Crippen LogP contribution in [-0.4, -0.2) is 44.9 Å². The molecule has 1 saturated heterocycles. The third-order valence-corrected chi connectivity index (χ3v) is 4.58. The van der Waals surface area contributed by atoms with Gasteiger partial charge in [0, 0.05) is 30.0 Å². The van der Waals surface area contributed by atoms with Crippen LogP contribution in [0, 0.1) is 0 Å². The fraction of sp³-hybridized carbons (Fsp3) is 0.615. The van der Waals surface area contributed by atoms with Gasteiger partial charge in [-0.05, 0) is 6.92 Å². The van der Waals surface area contributed by atoms with Gasteiger partial charge in [0.2, 0.25) is 0 Å². The number of thioether (sulfide) groups is 1. The van der Waals surface area contributed by atoms with Crippen molar-refractivity contribution in [1.82, 2.24) is 14.9 Å². The smallest absolute Gasteiger partial charge is 0.274 e. The zero-order valence-electron chi connectivity index (χ0n) is 11.4. The summed E-state index contributed by atoms with van der Waals surface area (Å²) in [5, 5.41) is 0.333. The van der Waals surface area contributed by atoms with Crippen molar-refractivity contribution in [1.29, 1.82) is 0 Å². The maximum Gasteiger partial charge on any atom is 0.274 e. The average Bonchev–Trinajstić information content (AvgIpc) is 2.38. The first-order chi connectivity index (χ1) is 9.00. The second kappa shape index (κ2) is 6.09. The van der Waals surface area contributed by atoms with Crippen LogP contribution in [0.4, 0.5) is 0 Å². The summed E-state index contributed by atoms with van der Waals surface area (Å²) in [6, 6.07) is 0.222. The molecule has 104 valence electrons. The van der Waals surface area contributed by atoms with Crippen LogP contribution < -0.4 is 0 Å². The Bertz CT molecular complexity index is 481. The van der Waals surface area contributed by atoms with Crippen LogP contribution in [0.1, 0.15) is 43.0 Å². The first-order valence-corrected chi connectivity index (χ1v) is 7.95. The predicted molar refractivity (Wildman–Crippen MR) is 79.0 cm³/mol. The minimum absolute atomic E-state index is 0.0814. The molecule has 0 bridgehead atoms. The summed E-state index contributed by atoms with van der Waals surface area (Å²) in [6.07, 6.45) is 1.53. The zero-order chi connectivity index (χ0) is 14.0. The Balaban J connectivity index is 2.29. The summed E-state index contributed by atoms with van der Waals surface area (Å²) in [4.78, 5) is 22.9. The summed E-state index contributed by atoms with van der Waals surface area (Å²) >= 11 is 7.96. The van der Waals surface area contributed by atoms with E-state index in [-0.39, 0.29) is 17.9 Å². The van der Waals surface area contributed by atoms with Crippen molar-refractivity contribution in [3.05, 3.63) is 22.7 Å². The molecule has 1 aliphatic rings. The van der Waals surface area contributed by atoms with Crippen molar-refractivity contribution in [3.8, 4) is 0 Å². The SMILES string of the molecule is CC(C)c1ncc(Cl)c(C(=O)N2CCSCC2C)n1. The number of halogens is 1. The highest BCUT2D eigenvalue weighted by Crippen LogP contribution is 2.22. The van der Waals surface area contributed by atoms with Crippen LogP contribution in [-0.2, 0) is 0 Å². The highest BCUT2D eigenvalue weighted by molar-refractivity contribution is 7.99. The van der Waals surface area contributed by atoms with E-state index in [1.165, 1.54) is 6.20 Å². The van der Waals surface area contributed by atoms with E-state index in [9.17, 15) is 4.79 Å². The molecule has 6 heteroatoms. The Labute approximate surface area is 122 Å². The molecule has 0 N–H and O–H groups in total. The molecule has 4 nitrogen and oxygen atoms in total. The number of carbonyl (C=O) groups is 1. The van der Waals surface area contributed by atoms with E-state index < -0.39 is 0 Å². The number of rotatable bonds is 2. The second-order valence-electron chi connectivity index (χ2n) is 5.00. The molecule has 1 amide bonds. The van der Waals surface area contributed by atoms with Crippen LogP contribution in [0.3, 0.4) is 0 Å². The summed E-state index contributed by atoms with van der Waals surface area (Å²) in [5.41, 5.74) is 0.333. The first-order valence-electron chi connectivity index (χ1n) is 6.42. The third kappa shape index (κ3) is 3.20. The fourth-order valence-electron chi connectivity index (χ4n) is 1.97. The van der Waals surface area contributed by atoms with Gasteiger partial charge in [0.15, 0.2) is 5.69 Å². The molecule has 1 fully saturated rings. The van der Waals surface area contributed by atoms with Gasteiger partial charge in [0.05, 0.1) is 11.2 Å². The van der Waals surface area contributed by atoms with Gasteiger partial charge in [0.25, 0.3) is 5.91 Å². The van der Waals surface area contributed by atoms with Crippen molar-refractivity contribution in [2.24, 2.45) is 0 Å². The van der Waals surface area contributed by atoms with Gasteiger partial charge >= 0.3 is 0 Å². The quantitative estimate of drug-likeness (QED) is 0.842. The first kappa shape index (κ1) is 14.6. The number of aromatic nitrogens is 2. The Morgan fingerprint density at radius 2 is 2.32 bits per heavy atom. The van der Waals surface area contributed by atoms with Crippen molar-refractivity contribution >= 4 is 29.3 Å². The molecule has 0 aliphatic carbocycles. The van der Waals surface area contributed by atoms with E-state index in [0.717, 1.165) is 18.1 Å². The normalized spacial score (nSPS) is 19.8. The highest BCUT2D eigenvalue weighted by atomic mass is 35.5. The standard InChI is InChI=1S/C13H18ClN3OS/c1-8(2)12-15-6-10(14)11(16-12)13(18)17-4-5-19-7-9(17)3/h6,8-9H,4-5,7H2,1-3H3. The zero-order valence-corrected chi connectivity index (χ0v) is 13.0. The average molecular weight is 300 g/mol. The lowest BCUT2D eigenvalue weighted by Gasteiger charge is -2.33. The number of carbonyl (C=O) groups excluding carboxylic acids is 1. The van der Waals surface area contributed by atoms with Crippen molar-refractivity contribution in [2.75, 3.05) is 18.1 Å². The molecular formula is C13H18ClN3OS. The van der Waals surface area contributed by atoms with Crippen LogP contribution in [0.5, 0.6) is 0 Å². The molecule has 2 heterocycles. The second-order valence-corrected chi connectivity index (χ2v) is 6.56. The molecule has 1 aromatic heterocycles. The Hall–Kier alpha value is -0.810. The largest absolute Gasteiger partial charge is 0.333 e. The Morgan fingerprint density at radius 1 is 1.58 bits per heavy atom. The van der Waals surface area contributed by atoms with Gasteiger partial charge in [-0.1, -0.05) is 25.4 Å². The summed E-state index contributed by atoms with van der Waals surface area (Å²) in [6.45, 7) is 6.81. The summed E-state index contributed by atoms with van der Waals surface area (Å²) in [5.74, 6) is 2.69. The van der Waals surface area contributed by atoms with Crippen LogP contribution in [0.2, 0.25) is 5.02 Å². The molecule has 0 saturated carbocycles. The summed E-state index contributed by atoms with van der Waals surface area (Å²) < 4.78 is 0. The van der Waals surface area contributed by atoms with Crippen LogP contribution >= 0.6 is 23.4 Å². The minimum Gasteiger partial charge on any atom is -0.333 e. The van der Waals surface area contributed by atoms with E-state index in [1.54, 1.807) is 0 Å². The van der Waals surface area contributed by atoms with Crippen molar-refractivity contribution < 1.29 is 4.79 Å². The lowest BCUT2D eigenvalue weighted by molar-refractivity contribution is 0.0709. The molecule has 1 aromatic rings. The molecule has 2 rings (SSSR count). The summed E-state index contributed by atoms with van der Waals surface area (Å²) in [7, 11) is 0. The number of amides is 1. The van der Waals surface area contributed by atoms with Gasteiger partial charge in [-0.2, -0.15) is 11.8 Å². The minimum atomic E-state index is -0.0814. The predicted octanol–water partition coefficient (Wildman–Crippen LogP) is 2.83. The highest BCUT2D eigenvalue weighted by Gasteiger charge is 2.27. The van der Waals surface area contributed by atoms with E-state index in [2.05, 4.69) is 16.9 Å². The topological polar surface area (TPSA) is 46.1 Å². The molecule has 19 heavy (non-hydrogen) atoms. The Kier molecular flexibility index (Phi) is 4.68. The maximum absolute atomic E-state index is 12.5. The molecule has 0 radical (unpaired) electrons. The van der Waals surface area contributed by atoms with E-state index in [0.29, 0.717) is 16.5 Å². The van der Waals surface area contributed by atoms with Gasteiger partial charge in [-0.25, -0.2) is 9.97 Å². The lowest BCUT2D eigenvalue weighted by atomic mass is 10.2. The Morgan fingerprint density at radius 3 is 2.95 bits per heavy atom. The van der Waals surface area contributed by atoms with E-state index in [1.807, 2.05) is 30.5 Å². The lowest BCUT2D eigenvalue weighted by Crippen LogP contribution is -2.44. The third-order valence-electron chi connectivity index (χ3n) is 3.11. The fourth-order valence-corrected chi connectivity index (χ4v) is 3.16. The molecular weight excluding hydrogens is 282 g/mol. The molecule has 1 unspecified atom stereocenters. The van der Waals surface area contributed by atoms with Gasteiger partial charge in [-0.3, -0.25) is 4.79 Å².